The Bertz CT molecular complexity index is 909. The van der Waals surface area contributed by atoms with E-state index < -0.39 is 0 Å². The van der Waals surface area contributed by atoms with Crippen LogP contribution in [0.15, 0.2) is 48.5 Å². The third kappa shape index (κ3) is 2.69. The number of benzene rings is 2. The van der Waals surface area contributed by atoms with Crippen LogP contribution in [0.1, 0.15) is 17.8 Å². The molecule has 114 valence electrons. The summed E-state index contributed by atoms with van der Waals surface area (Å²) < 4.78 is 0. The molecule has 3 aromatic rings. The van der Waals surface area contributed by atoms with Gasteiger partial charge in [0.15, 0.2) is 0 Å². The predicted octanol–water partition coefficient (Wildman–Crippen LogP) is 6.01. The number of hydrogen-bond donors (Lipinski definition) is 1. The Morgan fingerprint density at radius 2 is 1.78 bits per heavy atom. The number of fused-ring (bicyclic) bond motifs is 1. The second-order valence-corrected chi connectivity index (χ2v) is 6.40. The van der Waals surface area contributed by atoms with Crippen molar-refractivity contribution in [2.45, 2.75) is 12.8 Å². The molecule has 0 atom stereocenters. The zero-order valence-electron chi connectivity index (χ0n) is 12.3. The van der Waals surface area contributed by atoms with Crippen LogP contribution in [-0.2, 0) is 6.42 Å². The molecule has 0 fully saturated rings. The van der Waals surface area contributed by atoms with Crippen LogP contribution in [0.25, 0.3) is 28.6 Å². The molecule has 1 aliphatic rings. The zero-order valence-corrected chi connectivity index (χ0v) is 13.8. The molecule has 0 saturated heterocycles. The average Bonchev–Trinajstić information content (AvgIpc) is 2.99. The quantitative estimate of drug-likeness (QED) is 0.607. The molecular formula is C19H14Cl2N2. The summed E-state index contributed by atoms with van der Waals surface area (Å²) in [6, 6.07) is 13.7. The standard InChI is InChI=1S/C19H14Cl2N2/c20-12-9-10-14(16(21)11-12)13-5-1-2-6-15(13)19-22-17-7-3-4-8-18(17)23-19/h1-3,5-7,9-11H,4,8H2,(H,22,23). The molecule has 1 N–H and O–H groups in total. The molecule has 1 aromatic heterocycles. The van der Waals surface area contributed by atoms with E-state index in [-0.39, 0.29) is 0 Å². The lowest BCUT2D eigenvalue weighted by molar-refractivity contribution is 0.944. The summed E-state index contributed by atoms with van der Waals surface area (Å²) in [4.78, 5) is 8.20. The minimum absolute atomic E-state index is 0.634. The number of aryl methyl sites for hydroxylation is 1. The summed E-state index contributed by atoms with van der Waals surface area (Å²) in [5.74, 6) is 0.878. The third-order valence-corrected chi connectivity index (χ3v) is 4.60. The van der Waals surface area contributed by atoms with Crippen molar-refractivity contribution in [3.8, 4) is 22.5 Å². The van der Waals surface area contributed by atoms with Gasteiger partial charge in [-0.25, -0.2) is 4.98 Å². The van der Waals surface area contributed by atoms with Gasteiger partial charge in [0.05, 0.1) is 5.69 Å². The second-order valence-electron chi connectivity index (χ2n) is 5.56. The minimum atomic E-state index is 0.634. The van der Waals surface area contributed by atoms with Gasteiger partial charge >= 0.3 is 0 Å². The number of aromatic nitrogens is 2. The third-order valence-electron chi connectivity index (χ3n) is 4.05. The van der Waals surface area contributed by atoms with Gasteiger partial charge in [0.2, 0.25) is 0 Å². The molecule has 0 unspecified atom stereocenters. The largest absolute Gasteiger partial charge is 0.341 e. The molecule has 0 amide bonds. The van der Waals surface area contributed by atoms with Gasteiger partial charge in [-0.2, -0.15) is 0 Å². The molecule has 4 heteroatoms. The normalized spacial score (nSPS) is 13.1. The molecule has 2 aromatic carbocycles. The molecular weight excluding hydrogens is 327 g/mol. The van der Waals surface area contributed by atoms with Crippen LogP contribution in [0.3, 0.4) is 0 Å². The maximum absolute atomic E-state index is 6.40. The second kappa shape index (κ2) is 5.88. The van der Waals surface area contributed by atoms with Crippen LogP contribution in [0.2, 0.25) is 10.0 Å². The summed E-state index contributed by atoms with van der Waals surface area (Å²) in [7, 11) is 0. The number of hydrogen-bond acceptors (Lipinski definition) is 1. The molecule has 2 nitrogen and oxygen atoms in total. The van der Waals surface area contributed by atoms with Gasteiger partial charge in [0.25, 0.3) is 0 Å². The van der Waals surface area contributed by atoms with Gasteiger partial charge in [-0.1, -0.05) is 59.6 Å². The minimum Gasteiger partial charge on any atom is -0.341 e. The highest BCUT2D eigenvalue weighted by Gasteiger charge is 2.16. The Morgan fingerprint density at radius 3 is 2.57 bits per heavy atom. The van der Waals surface area contributed by atoms with Crippen molar-refractivity contribution in [3.05, 3.63) is 70.0 Å². The summed E-state index contributed by atoms with van der Waals surface area (Å²) in [6.07, 6.45) is 6.30. The van der Waals surface area contributed by atoms with Crippen molar-refractivity contribution in [2.75, 3.05) is 0 Å². The van der Waals surface area contributed by atoms with Crippen molar-refractivity contribution in [2.24, 2.45) is 0 Å². The molecule has 0 aliphatic heterocycles. The van der Waals surface area contributed by atoms with E-state index in [1.165, 1.54) is 5.69 Å². The fraction of sp³-hybridized carbons (Fsp3) is 0.105. The van der Waals surface area contributed by atoms with Crippen molar-refractivity contribution in [3.63, 3.8) is 0 Å². The fourth-order valence-electron chi connectivity index (χ4n) is 2.93. The van der Waals surface area contributed by atoms with E-state index >= 15 is 0 Å². The molecule has 1 heterocycles. The molecule has 0 bridgehead atoms. The van der Waals surface area contributed by atoms with Crippen LogP contribution < -0.4 is 0 Å². The fourth-order valence-corrected chi connectivity index (χ4v) is 3.44. The van der Waals surface area contributed by atoms with Crippen LogP contribution in [0.4, 0.5) is 0 Å². The maximum Gasteiger partial charge on any atom is 0.138 e. The number of H-pyrrole nitrogens is 1. The highest BCUT2D eigenvalue weighted by molar-refractivity contribution is 6.36. The van der Waals surface area contributed by atoms with Gasteiger partial charge in [-0.3, -0.25) is 0 Å². The molecule has 0 spiro atoms. The number of nitrogens with one attached hydrogen (secondary N) is 1. The van der Waals surface area contributed by atoms with Crippen LogP contribution in [-0.4, -0.2) is 9.97 Å². The lowest BCUT2D eigenvalue weighted by Gasteiger charge is -2.10. The molecule has 4 rings (SSSR count). The Hall–Kier alpha value is -2.03. The van der Waals surface area contributed by atoms with Crippen LogP contribution in [0, 0.1) is 0 Å². The number of rotatable bonds is 2. The van der Waals surface area contributed by atoms with Gasteiger partial charge in [-0.15, -0.1) is 0 Å². The number of halogens is 2. The molecule has 0 radical (unpaired) electrons. The molecule has 0 saturated carbocycles. The summed E-state index contributed by atoms with van der Waals surface area (Å²) in [5, 5.41) is 1.27. The van der Waals surface area contributed by atoms with Crippen molar-refractivity contribution >= 4 is 29.3 Å². The van der Waals surface area contributed by atoms with E-state index in [2.05, 4.69) is 29.3 Å². The predicted molar refractivity (Wildman–Crippen MR) is 96.8 cm³/mol. The first-order valence-electron chi connectivity index (χ1n) is 7.52. The Balaban J connectivity index is 1.87. The monoisotopic (exact) mass is 340 g/mol. The lowest BCUT2D eigenvalue weighted by Crippen LogP contribution is -1.91. The maximum atomic E-state index is 6.40. The van der Waals surface area contributed by atoms with Crippen molar-refractivity contribution in [1.29, 1.82) is 0 Å². The molecule has 23 heavy (non-hydrogen) atoms. The number of imidazole rings is 1. The van der Waals surface area contributed by atoms with E-state index in [1.54, 1.807) is 6.07 Å². The van der Waals surface area contributed by atoms with Crippen molar-refractivity contribution in [1.82, 2.24) is 9.97 Å². The van der Waals surface area contributed by atoms with Gasteiger partial charge in [0.1, 0.15) is 5.82 Å². The average molecular weight is 341 g/mol. The molecule has 1 aliphatic carbocycles. The summed E-state index contributed by atoms with van der Waals surface area (Å²) >= 11 is 12.4. The number of allylic oxidation sites excluding steroid dienone is 1. The first kappa shape index (κ1) is 14.6. The smallest absolute Gasteiger partial charge is 0.138 e. The van der Waals surface area contributed by atoms with Crippen LogP contribution in [0.5, 0.6) is 0 Å². The highest BCUT2D eigenvalue weighted by Crippen LogP contribution is 2.36. The Morgan fingerprint density at radius 1 is 0.957 bits per heavy atom. The highest BCUT2D eigenvalue weighted by atomic mass is 35.5. The van der Waals surface area contributed by atoms with E-state index in [1.807, 2.05) is 24.3 Å². The van der Waals surface area contributed by atoms with Gasteiger partial charge in [-0.05, 0) is 36.6 Å². The summed E-state index contributed by atoms with van der Waals surface area (Å²) in [5.41, 5.74) is 5.27. The van der Waals surface area contributed by atoms with E-state index in [0.29, 0.717) is 10.0 Å². The van der Waals surface area contributed by atoms with Gasteiger partial charge < -0.3 is 4.98 Å². The first-order chi connectivity index (χ1) is 11.2. The van der Waals surface area contributed by atoms with E-state index in [4.69, 9.17) is 28.2 Å². The zero-order chi connectivity index (χ0) is 15.8. The first-order valence-corrected chi connectivity index (χ1v) is 8.28. The van der Waals surface area contributed by atoms with Gasteiger partial charge in [0, 0.05) is 26.9 Å². The van der Waals surface area contributed by atoms with Crippen molar-refractivity contribution < 1.29 is 0 Å². The van der Waals surface area contributed by atoms with Crippen LogP contribution >= 0.6 is 23.2 Å². The summed E-state index contributed by atoms with van der Waals surface area (Å²) in [6.45, 7) is 0. The Labute approximate surface area is 144 Å². The topological polar surface area (TPSA) is 28.7 Å². The number of aromatic amines is 1. The number of nitrogens with zero attached hydrogens (tertiary/aromatic N) is 1. The SMILES string of the molecule is Clc1ccc(-c2ccccc2-c2nc3c([nH]2)CCC=C3)c(Cl)c1. The lowest BCUT2D eigenvalue weighted by atomic mass is 9.99. The Kier molecular flexibility index (Phi) is 3.72. The van der Waals surface area contributed by atoms with E-state index in [9.17, 15) is 0 Å². The van der Waals surface area contributed by atoms with E-state index in [0.717, 1.165) is 41.1 Å².